The maximum atomic E-state index is 12.8. The summed E-state index contributed by atoms with van der Waals surface area (Å²) < 4.78 is 27.3. The van der Waals surface area contributed by atoms with Gasteiger partial charge in [-0.3, -0.25) is 5.10 Å². The molecule has 0 bridgehead atoms. The van der Waals surface area contributed by atoms with Gasteiger partial charge in [0.2, 0.25) is 0 Å². The number of H-pyrrole nitrogens is 1. The molecule has 1 saturated carbocycles. The van der Waals surface area contributed by atoms with Crippen LogP contribution in [0.1, 0.15) is 46.0 Å². The Bertz CT molecular complexity index is 533. The molecular weight excluding hydrogens is 288 g/mol. The van der Waals surface area contributed by atoms with E-state index in [2.05, 4.69) is 17.1 Å². The molecular formula is C14H26N4O2S. The Morgan fingerprint density at radius 1 is 1.43 bits per heavy atom. The van der Waals surface area contributed by atoms with Crippen molar-refractivity contribution in [1.82, 2.24) is 14.5 Å². The molecule has 0 aliphatic heterocycles. The smallest absolute Gasteiger partial charge is 0.260 e. The summed E-state index contributed by atoms with van der Waals surface area (Å²) in [7, 11) is -3.57. The number of nitrogens with two attached hydrogens (primary N) is 1. The normalized spacial score (nSPS) is 27.1. The van der Waals surface area contributed by atoms with Gasteiger partial charge in [-0.1, -0.05) is 20.3 Å². The number of aromatic nitrogens is 2. The van der Waals surface area contributed by atoms with Crippen molar-refractivity contribution in [3.05, 3.63) is 12.3 Å². The van der Waals surface area contributed by atoms with Gasteiger partial charge in [-0.15, -0.1) is 0 Å². The topological polar surface area (TPSA) is 92.1 Å². The number of likely N-dealkylation sites (N-methyl/N-ethyl adjacent to an activating group) is 1. The molecule has 0 atom stereocenters. The third-order valence-corrected chi connectivity index (χ3v) is 6.86. The maximum absolute atomic E-state index is 12.8. The van der Waals surface area contributed by atoms with Crippen molar-refractivity contribution in [2.24, 2.45) is 11.7 Å². The highest BCUT2D eigenvalue weighted by atomic mass is 32.2. The van der Waals surface area contributed by atoms with Crippen LogP contribution in [0.15, 0.2) is 17.3 Å². The minimum absolute atomic E-state index is 0.148. The molecule has 0 amide bonds. The molecule has 1 heterocycles. The van der Waals surface area contributed by atoms with E-state index in [0.717, 1.165) is 32.1 Å². The molecule has 0 radical (unpaired) electrons. The first kappa shape index (κ1) is 16.5. The van der Waals surface area contributed by atoms with E-state index in [1.54, 1.807) is 4.31 Å². The lowest BCUT2D eigenvalue weighted by atomic mass is 9.75. The van der Waals surface area contributed by atoms with E-state index in [0.29, 0.717) is 19.0 Å². The van der Waals surface area contributed by atoms with Crippen molar-refractivity contribution in [2.45, 2.75) is 56.5 Å². The Balaban J connectivity index is 2.31. The Hall–Kier alpha value is -0.920. The number of hydrogen-bond acceptors (Lipinski definition) is 4. The van der Waals surface area contributed by atoms with E-state index in [1.807, 2.05) is 6.92 Å². The van der Waals surface area contributed by atoms with Gasteiger partial charge in [-0.05, 0) is 37.7 Å². The molecule has 21 heavy (non-hydrogen) atoms. The first-order valence-electron chi connectivity index (χ1n) is 7.72. The lowest BCUT2D eigenvalue weighted by Gasteiger charge is -2.46. The molecule has 0 aromatic carbocycles. The van der Waals surface area contributed by atoms with Gasteiger partial charge >= 0.3 is 0 Å². The fraction of sp³-hybridized carbons (Fsp3) is 0.786. The van der Waals surface area contributed by atoms with Gasteiger partial charge in [0.15, 0.2) is 5.03 Å². The average Bonchev–Trinajstić information content (AvgIpc) is 3.03. The van der Waals surface area contributed by atoms with E-state index >= 15 is 0 Å². The number of aromatic amines is 1. The molecule has 0 saturated heterocycles. The molecule has 1 aromatic rings. The predicted molar refractivity (Wildman–Crippen MR) is 82.2 cm³/mol. The van der Waals surface area contributed by atoms with Gasteiger partial charge in [0, 0.05) is 18.6 Å². The lowest BCUT2D eigenvalue weighted by molar-refractivity contribution is 0.114. The van der Waals surface area contributed by atoms with E-state index in [1.165, 1.54) is 12.3 Å². The van der Waals surface area contributed by atoms with Gasteiger partial charge in [0.25, 0.3) is 10.0 Å². The van der Waals surface area contributed by atoms with E-state index in [-0.39, 0.29) is 5.03 Å². The van der Waals surface area contributed by atoms with Gasteiger partial charge in [0.05, 0.1) is 6.20 Å². The summed E-state index contributed by atoms with van der Waals surface area (Å²) in [5, 5.41) is 6.48. The SMILES string of the molecule is CCC1CCC(CN)(N(CC)S(=O)(=O)c2ccn[nH]2)CC1. The summed E-state index contributed by atoms with van der Waals surface area (Å²) >= 11 is 0. The zero-order valence-electron chi connectivity index (χ0n) is 12.9. The molecule has 1 aliphatic carbocycles. The summed E-state index contributed by atoms with van der Waals surface area (Å²) in [5.74, 6) is 0.693. The molecule has 1 aromatic heterocycles. The second kappa shape index (κ2) is 6.46. The minimum atomic E-state index is -3.57. The number of hydrogen-bond donors (Lipinski definition) is 2. The van der Waals surface area contributed by atoms with Crippen molar-refractivity contribution in [3.63, 3.8) is 0 Å². The average molecular weight is 314 g/mol. The quantitative estimate of drug-likeness (QED) is 0.836. The van der Waals surface area contributed by atoms with Crippen molar-refractivity contribution in [1.29, 1.82) is 0 Å². The minimum Gasteiger partial charge on any atom is -0.329 e. The Labute approximate surface area is 127 Å². The van der Waals surface area contributed by atoms with Crippen LogP contribution in [0.5, 0.6) is 0 Å². The number of nitrogens with zero attached hydrogens (tertiary/aromatic N) is 2. The van der Waals surface area contributed by atoms with E-state index < -0.39 is 15.6 Å². The summed E-state index contributed by atoms with van der Waals surface area (Å²) in [4.78, 5) is 0. The third kappa shape index (κ3) is 3.00. The van der Waals surface area contributed by atoms with Crippen LogP contribution in [0.25, 0.3) is 0 Å². The fourth-order valence-corrected chi connectivity index (χ4v) is 5.19. The van der Waals surface area contributed by atoms with Crippen LogP contribution in [-0.4, -0.2) is 41.5 Å². The molecule has 3 N–H and O–H groups in total. The lowest BCUT2D eigenvalue weighted by Crippen LogP contribution is -2.57. The van der Waals surface area contributed by atoms with Crippen molar-refractivity contribution >= 4 is 10.0 Å². The van der Waals surface area contributed by atoms with Gasteiger partial charge in [-0.2, -0.15) is 9.40 Å². The van der Waals surface area contributed by atoms with E-state index in [4.69, 9.17) is 5.73 Å². The van der Waals surface area contributed by atoms with Crippen molar-refractivity contribution < 1.29 is 8.42 Å². The van der Waals surface area contributed by atoms with Crippen LogP contribution in [0.3, 0.4) is 0 Å². The highest BCUT2D eigenvalue weighted by Gasteiger charge is 2.44. The van der Waals surface area contributed by atoms with Crippen LogP contribution >= 0.6 is 0 Å². The molecule has 0 unspecified atom stereocenters. The molecule has 0 spiro atoms. The molecule has 2 rings (SSSR count). The van der Waals surface area contributed by atoms with Crippen molar-refractivity contribution in [2.75, 3.05) is 13.1 Å². The summed E-state index contributed by atoms with van der Waals surface area (Å²) in [6, 6.07) is 1.50. The summed E-state index contributed by atoms with van der Waals surface area (Å²) in [6.07, 6.45) is 6.38. The molecule has 7 heteroatoms. The number of sulfonamides is 1. The molecule has 120 valence electrons. The van der Waals surface area contributed by atoms with Gasteiger partial charge in [-0.25, -0.2) is 8.42 Å². The van der Waals surface area contributed by atoms with Crippen molar-refractivity contribution in [3.8, 4) is 0 Å². The number of nitrogens with one attached hydrogen (secondary N) is 1. The predicted octanol–water partition coefficient (Wildman–Crippen LogP) is 1.72. The van der Waals surface area contributed by atoms with Crippen LogP contribution in [0.2, 0.25) is 0 Å². The second-order valence-electron chi connectivity index (χ2n) is 5.87. The van der Waals surface area contributed by atoms with Crippen LogP contribution in [-0.2, 0) is 10.0 Å². The van der Waals surface area contributed by atoms with Gasteiger partial charge in [0.1, 0.15) is 0 Å². The molecule has 1 fully saturated rings. The maximum Gasteiger partial charge on any atom is 0.260 e. The van der Waals surface area contributed by atoms with Crippen LogP contribution in [0.4, 0.5) is 0 Å². The Morgan fingerprint density at radius 2 is 2.10 bits per heavy atom. The zero-order chi connectivity index (χ0) is 15.5. The Kier molecular flexibility index (Phi) is 5.06. The zero-order valence-corrected chi connectivity index (χ0v) is 13.7. The molecule has 6 nitrogen and oxygen atoms in total. The largest absolute Gasteiger partial charge is 0.329 e. The first-order valence-corrected chi connectivity index (χ1v) is 9.16. The van der Waals surface area contributed by atoms with E-state index in [9.17, 15) is 8.42 Å². The van der Waals surface area contributed by atoms with Gasteiger partial charge < -0.3 is 5.73 Å². The third-order valence-electron chi connectivity index (χ3n) is 4.85. The number of rotatable bonds is 6. The summed E-state index contributed by atoms with van der Waals surface area (Å²) in [6.45, 7) is 4.86. The fourth-order valence-electron chi connectivity index (χ4n) is 3.44. The first-order chi connectivity index (χ1) is 10.00. The molecule has 1 aliphatic rings. The standard InChI is InChI=1S/C14H26N4O2S/c1-3-12-5-8-14(11-15,9-6-12)18(4-2)21(19,20)13-7-10-16-17-13/h7,10,12H,3-6,8-9,11,15H2,1-2H3,(H,16,17). The second-order valence-corrected chi connectivity index (χ2v) is 7.70. The summed E-state index contributed by atoms with van der Waals surface area (Å²) in [5.41, 5.74) is 5.57. The van der Waals surface area contributed by atoms with Crippen LogP contribution < -0.4 is 5.73 Å². The highest BCUT2D eigenvalue weighted by Crippen LogP contribution is 2.39. The monoisotopic (exact) mass is 314 g/mol. The van der Waals surface area contributed by atoms with Crippen LogP contribution in [0, 0.1) is 5.92 Å². The highest BCUT2D eigenvalue weighted by molar-refractivity contribution is 7.89. The Morgan fingerprint density at radius 3 is 2.52 bits per heavy atom.